The minimum atomic E-state index is -0.385. The quantitative estimate of drug-likeness (QED) is 0.239. The molecule has 8 heteroatoms. The average molecular weight is 495 g/mol. The van der Waals surface area contributed by atoms with E-state index in [-0.39, 0.29) is 11.2 Å². The summed E-state index contributed by atoms with van der Waals surface area (Å²) in [7, 11) is 0. The number of hydrogen-bond donors (Lipinski definition) is 0. The molecule has 0 amide bonds. The van der Waals surface area contributed by atoms with E-state index in [2.05, 4.69) is 17.1 Å². The predicted octanol–water partition coefficient (Wildman–Crippen LogP) is 5.30. The van der Waals surface area contributed by atoms with E-state index in [0.717, 1.165) is 34.1 Å². The second-order valence-electron chi connectivity index (χ2n) is 8.67. The van der Waals surface area contributed by atoms with Gasteiger partial charge in [0.05, 0.1) is 16.6 Å². The molecule has 36 heavy (non-hydrogen) atoms. The van der Waals surface area contributed by atoms with Gasteiger partial charge in [-0.25, -0.2) is 9.36 Å². The molecular weight excluding hydrogens is 472 g/mol. The molecule has 0 atom stereocenters. The lowest BCUT2D eigenvalue weighted by Crippen LogP contribution is -2.21. The molecule has 0 aliphatic rings. The Bertz CT molecular complexity index is 1880. The molecule has 0 N–H and O–H groups in total. The lowest BCUT2D eigenvalue weighted by atomic mass is 10.1. The van der Waals surface area contributed by atoms with Gasteiger partial charge in [-0.2, -0.15) is 0 Å². The molecule has 0 spiro atoms. The third-order valence-corrected chi connectivity index (χ3v) is 7.32. The van der Waals surface area contributed by atoms with Crippen molar-refractivity contribution in [3.8, 4) is 5.69 Å². The Morgan fingerprint density at radius 2 is 1.72 bits per heavy atom. The van der Waals surface area contributed by atoms with Crippen molar-refractivity contribution in [2.24, 2.45) is 0 Å². The Hall–Kier alpha value is -4.17. The number of aromatic nitrogens is 4. The molecule has 0 saturated carbocycles. The monoisotopic (exact) mass is 494 g/mol. The summed E-state index contributed by atoms with van der Waals surface area (Å²) in [5.41, 5.74) is 4.58. The summed E-state index contributed by atoms with van der Waals surface area (Å²) in [6.07, 6.45) is 0.917. The Kier molecular flexibility index (Phi) is 5.45. The average Bonchev–Trinajstić information content (AvgIpc) is 3.31. The highest BCUT2D eigenvalue weighted by Gasteiger charge is 2.18. The number of rotatable bonds is 5. The highest BCUT2D eigenvalue weighted by molar-refractivity contribution is 7.98. The second kappa shape index (κ2) is 8.80. The zero-order chi connectivity index (χ0) is 24.8. The van der Waals surface area contributed by atoms with Crippen LogP contribution in [-0.4, -0.2) is 19.2 Å². The first kappa shape index (κ1) is 22.3. The van der Waals surface area contributed by atoms with Gasteiger partial charge in [-0.3, -0.25) is 9.20 Å². The molecule has 6 rings (SSSR count). The SMILES string of the molecule is CCc1ccc(-n2c(=O)c3ccccc3n3c(SCc4cc(=O)oc5cc(C)ccc45)nnc23)cc1. The van der Waals surface area contributed by atoms with Crippen LogP contribution in [0.15, 0.2) is 92.0 Å². The molecule has 3 aromatic carbocycles. The van der Waals surface area contributed by atoms with E-state index in [9.17, 15) is 9.59 Å². The van der Waals surface area contributed by atoms with Crippen LogP contribution in [0, 0.1) is 6.92 Å². The first-order valence-corrected chi connectivity index (χ1v) is 12.7. The lowest BCUT2D eigenvalue weighted by molar-refractivity contribution is 0.559. The molecule has 0 fully saturated rings. The molecule has 3 aromatic heterocycles. The number of nitrogens with zero attached hydrogens (tertiary/aromatic N) is 4. The second-order valence-corrected chi connectivity index (χ2v) is 9.62. The minimum Gasteiger partial charge on any atom is -0.423 e. The Labute approximate surface area is 210 Å². The van der Waals surface area contributed by atoms with Crippen molar-refractivity contribution < 1.29 is 4.42 Å². The summed E-state index contributed by atoms with van der Waals surface area (Å²) in [4.78, 5) is 25.7. The van der Waals surface area contributed by atoms with Crippen molar-refractivity contribution >= 4 is 39.4 Å². The van der Waals surface area contributed by atoms with Gasteiger partial charge in [-0.1, -0.05) is 55.1 Å². The van der Waals surface area contributed by atoms with Crippen LogP contribution >= 0.6 is 11.8 Å². The van der Waals surface area contributed by atoms with E-state index in [4.69, 9.17) is 4.42 Å². The Balaban J connectivity index is 1.51. The number of para-hydroxylation sites is 1. The van der Waals surface area contributed by atoms with Crippen LogP contribution in [0.3, 0.4) is 0 Å². The minimum absolute atomic E-state index is 0.145. The highest BCUT2D eigenvalue weighted by Crippen LogP contribution is 2.28. The first-order valence-electron chi connectivity index (χ1n) is 11.7. The fraction of sp³-hybridized carbons (Fsp3) is 0.143. The van der Waals surface area contributed by atoms with Gasteiger partial charge >= 0.3 is 5.63 Å². The molecule has 0 aliphatic heterocycles. The lowest BCUT2D eigenvalue weighted by Gasteiger charge is -2.12. The van der Waals surface area contributed by atoms with Gasteiger partial charge < -0.3 is 4.42 Å². The number of hydrogen-bond acceptors (Lipinski definition) is 6. The number of thioether (sulfide) groups is 1. The van der Waals surface area contributed by atoms with Crippen molar-refractivity contribution in [2.45, 2.75) is 31.2 Å². The van der Waals surface area contributed by atoms with E-state index < -0.39 is 0 Å². The zero-order valence-electron chi connectivity index (χ0n) is 19.8. The number of benzene rings is 3. The number of aryl methyl sites for hydroxylation is 2. The third kappa shape index (κ3) is 3.70. The summed E-state index contributed by atoms with van der Waals surface area (Å²) in [6, 6.07) is 22.8. The smallest absolute Gasteiger partial charge is 0.336 e. The maximum atomic E-state index is 13.5. The molecule has 0 saturated heterocycles. The normalized spacial score (nSPS) is 11.6. The molecule has 0 unspecified atom stereocenters. The van der Waals surface area contributed by atoms with Gasteiger partial charge in [0, 0.05) is 17.2 Å². The molecule has 7 nitrogen and oxygen atoms in total. The van der Waals surface area contributed by atoms with Crippen molar-refractivity contribution in [3.05, 3.63) is 110 Å². The summed E-state index contributed by atoms with van der Waals surface area (Å²) >= 11 is 1.46. The van der Waals surface area contributed by atoms with Crippen molar-refractivity contribution in [1.82, 2.24) is 19.2 Å². The van der Waals surface area contributed by atoms with E-state index in [1.807, 2.05) is 78.1 Å². The topological polar surface area (TPSA) is 82.4 Å². The highest BCUT2D eigenvalue weighted by atomic mass is 32.2. The molecule has 178 valence electrons. The first-order chi connectivity index (χ1) is 17.5. The maximum absolute atomic E-state index is 13.5. The van der Waals surface area contributed by atoms with Crippen molar-refractivity contribution in [3.63, 3.8) is 0 Å². The van der Waals surface area contributed by atoms with Crippen LogP contribution in [0.25, 0.3) is 33.3 Å². The molecule has 6 aromatic rings. The van der Waals surface area contributed by atoms with E-state index in [1.165, 1.54) is 23.4 Å². The van der Waals surface area contributed by atoms with Crippen LogP contribution in [0.1, 0.15) is 23.6 Å². The van der Waals surface area contributed by atoms with Crippen molar-refractivity contribution in [2.75, 3.05) is 0 Å². The van der Waals surface area contributed by atoms with E-state index in [1.54, 1.807) is 4.57 Å². The van der Waals surface area contributed by atoms with Gasteiger partial charge in [0.15, 0.2) is 5.16 Å². The zero-order valence-corrected chi connectivity index (χ0v) is 20.6. The van der Waals surface area contributed by atoms with Crippen LogP contribution in [0.4, 0.5) is 0 Å². The summed E-state index contributed by atoms with van der Waals surface area (Å²) in [5.74, 6) is 0.934. The summed E-state index contributed by atoms with van der Waals surface area (Å²) in [6.45, 7) is 4.06. The van der Waals surface area contributed by atoms with Crippen LogP contribution in [-0.2, 0) is 12.2 Å². The molecule has 0 bridgehead atoms. The summed E-state index contributed by atoms with van der Waals surface area (Å²) < 4.78 is 8.92. The molecule has 0 aliphatic carbocycles. The number of fused-ring (bicyclic) bond motifs is 4. The van der Waals surface area contributed by atoms with Gasteiger partial charge in [0.1, 0.15) is 5.58 Å². The Morgan fingerprint density at radius 1 is 0.917 bits per heavy atom. The van der Waals surface area contributed by atoms with Crippen LogP contribution in [0.5, 0.6) is 0 Å². The third-order valence-electron chi connectivity index (χ3n) is 6.34. The molecule has 3 heterocycles. The van der Waals surface area contributed by atoms with Gasteiger partial charge in [0.25, 0.3) is 5.56 Å². The van der Waals surface area contributed by atoms with E-state index >= 15 is 0 Å². The van der Waals surface area contributed by atoms with Gasteiger partial charge in [0.2, 0.25) is 5.78 Å². The maximum Gasteiger partial charge on any atom is 0.336 e. The van der Waals surface area contributed by atoms with Crippen LogP contribution in [0.2, 0.25) is 0 Å². The fourth-order valence-electron chi connectivity index (χ4n) is 4.48. The standard InChI is InChI=1S/C28H22N4O3S/c1-3-18-9-11-20(12-10-18)31-26(34)22-6-4-5-7-23(22)32-27(31)29-30-28(32)36-16-19-15-25(33)35-24-14-17(2)8-13-21(19)24/h4-15H,3,16H2,1-2H3. The Morgan fingerprint density at radius 3 is 2.53 bits per heavy atom. The molecular formula is C28H22N4O3S. The van der Waals surface area contributed by atoms with Gasteiger partial charge in [-0.05, 0) is 60.4 Å². The van der Waals surface area contributed by atoms with E-state index in [0.29, 0.717) is 27.7 Å². The van der Waals surface area contributed by atoms with Crippen molar-refractivity contribution in [1.29, 1.82) is 0 Å². The van der Waals surface area contributed by atoms with Crippen LogP contribution < -0.4 is 11.2 Å². The largest absolute Gasteiger partial charge is 0.423 e. The predicted molar refractivity (Wildman–Crippen MR) is 142 cm³/mol. The van der Waals surface area contributed by atoms with Gasteiger partial charge in [-0.15, -0.1) is 10.2 Å². The fourth-order valence-corrected chi connectivity index (χ4v) is 5.42. The molecule has 0 radical (unpaired) electrons. The summed E-state index contributed by atoms with van der Waals surface area (Å²) in [5, 5.41) is 11.0.